The number of methoxy groups -OCH3 is 3. The average Bonchev–Trinajstić information content (AvgIpc) is 2.68. The first-order chi connectivity index (χ1) is 13.7. The number of carbonyl (C=O) groups excluding carboxylic acids is 1. The molecule has 9 heteroatoms. The number of benzene rings is 2. The molecule has 0 heterocycles. The smallest absolute Gasteiger partial charge is 0.240 e. The molecule has 0 saturated heterocycles. The van der Waals surface area contributed by atoms with Crippen molar-refractivity contribution >= 4 is 21.6 Å². The average molecular weight is 423 g/mol. The monoisotopic (exact) mass is 422 g/mol. The Balaban J connectivity index is 2.02. The molecule has 2 aromatic rings. The molecule has 0 aromatic heterocycles. The van der Waals surface area contributed by atoms with Crippen molar-refractivity contribution in [2.75, 3.05) is 33.2 Å². The minimum atomic E-state index is -3.70. The Hall–Kier alpha value is -2.78. The fourth-order valence-corrected chi connectivity index (χ4v) is 4.11. The molecule has 0 saturated carbocycles. The molecule has 0 atom stereocenters. The lowest BCUT2D eigenvalue weighted by molar-refractivity contribution is -0.116. The first-order valence-corrected chi connectivity index (χ1v) is 10.4. The van der Waals surface area contributed by atoms with Crippen LogP contribution in [0.25, 0.3) is 0 Å². The summed E-state index contributed by atoms with van der Waals surface area (Å²) in [6.07, 6.45) is -0.0409. The van der Waals surface area contributed by atoms with Gasteiger partial charge in [-0.05, 0) is 31.0 Å². The molecule has 0 radical (unpaired) electrons. The van der Waals surface area contributed by atoms with Gasteiger partial charge in [0.2, 0.25) is 21.7 Å². The number of nitrogens with one attached hydrogen (secondary N) is 2. The minimum Gasteiger partial charge on any atom is -0.493 e. The Morgan fingerprint density at radius 1 is 0.966 bits per heavy atom. The Morgan fingerprint density at radius 2 is 1.59 bits per heavy atom. The maximum Gasteiger partial charge on any atom is 0.240 e. The predicted molar refractivity (Wildman–Crippen MR) is 110 cm³/mol. The van der Waals surface area contributed by atoms with Gasteiger partial charge in [0.15, 0.2) is 11.5 Å². The van der Waals surface area contributed by atoms with Gasteiger partial charge in [0, 0.05) is 30.8 Å². The van der Waals surface area contributed by atoms with Crippen molar-refractivity contribution < 1.29 is 27.4 Å². The van der Waals surface area contributed by atoms with Crippen LogP contribution >= 0.6 is 0 Å². The lowest BCUT2D eigenvalue weighted by atomic mass is 10.2. The van der Waals surface area contributed by atoms with Gasteiger partial charge < -0.3 is 19.5 Å². The first kappa shape index (κ1) is 22.5. The number of carbonyl (C=O) groups is 1. The fourth-order valence-electron chi connectivity index (χ4n) is 2.75. The SMILES string of the molecule is COc1cc(NC(=O)CCNS(=O)(=O)c2cc(C)ccc2C)cc(OC)c1OC. The molecule has 2 rings (SSSR count). The van der Waals surface area contributed by atoms with Crippen LogP contribution in [0.15, 0.2) is 35.2 Å². The van der Waals surface area contributed by atoms with Gasteiger partial charge in [-0.3, -0.25) is 4.79 Å². The minimum absolute atomic E-state index is 0.0357. The van der Waals surface area contributed by atoms with E-state index < -0.39 is 10.0 Å². The summed E-state index contributed by atoms with van der Waals surface area (Å²) in [5, 5.41) is 2.70. The number of anilines is 1. The second-order valence-electron chi connectivity index (χ2n) is 6.38. The van der Waals surface area contributed by atoms with Gasteiger partial charge in [-0.1, -0.05) is 12.1 Å². The topological polar surface area (TPSA) is 103 Å². The third-order valence-electron chi connectivity index (χ3n) is 4.23. The van der Waals surface area contributed by atoms with Crippen molar-refractivity contribution in [1.29, 1.82) is 0 Å². The van der Waals surface area contributed by atoms with E-state index in [9.17, 15) is 13.2 Å². The summed E-state index contributed by atoms with van der Waals surface area (Å²) in [7, 11) is 0.742. The summed E-state index contributed by atoms with van der Waals surface area (Å²) < 4.78 is 43.2. The van der Waals surface area contributed by atoms with Crippen LogP contribution < -0.4 is 24.2 Å². The summed E-state index contributed by atoms with van der Waals surface area (Å²) >= 11 is 0. The van der Waals surface area contributed by atoms with Gasteiger partial charge in [0.1, 0.15) is 0 Å². The van der Waals surface area contributed by atoms with E-state index in [2.05, 4.69) is 10.0 Å². The maximum absolute atomic E-state index is 12.5. The third-order valence-corrected chi connectivity index (χ3v) is 5.83. The van der Waals surface area contributed by atoms with Crippen molar-refractivity contribution in [1.82, 2.24) is 4.72 Å². The number of hydrogen-bond donors (Lipinski definition) is 2. The van der Waals surface area contributed by atoms with E-state index in [0.29, 0.717) is 28.5 Å². The quantitative estimate of drug-likeness (QED) is 0.644. The Morgan fingerprint density at radius 3 is 2.14 bits per heavy atom. The third kappa shape index (κ3) is 5.61. The van der Waals surface area contributed by atoms with Gasteiger partial charge in [-0.2, -0.15) is 0 Å². The molecule has 0 aliphatic heterocycles. The van der Waals surface area contributed by atoms with Crippen LogP contribution in [0.3, 0.4) is 0 Å². The number of aryl methyl sites for hydroxylation is 2. The summed E-state index contributed by atoms with van der Waals surface area (Å²) in [5.74, 6) is 0.854. The van der Waals surface area contributed by atoms with Gasteiger partial charge in [-0.15, -0.1) is 0 Å². The van der Waals surface area contributed by atoms with Gasteiger partial charge in [0.05, 0.1) is 26.2 Å². The lowest BCUT2D eigenvalue weighted by Gasteiger charge is -2.15. The highest BCUT2D eigenvalue weighted by molar-refractivity contribution is 7.89. The van der Waals surface area contributed by atoms with Crippen LogP contribution in [-0.2, 0) is 14.8 Å². The molecular formula is C20H26N2O6S. The largest absolute Gasteiger partial charge is 0.493 e. The predicted octanol–water partition coefficient (Wildman–Crippen LogP) is 2.64. The number of ether oxygens (including phenoxy) is 3. The molecular weight excluding hydrogens is 396 g/mol. The van der Waals surface area contributed by atoms with E-state index in [-0.39, 0.29) is 23.8 Å². The van der Waals surface area contributed by atoms with Crippen LogP contribution in [-0.4, -0.2) is 42.2 Å². The molecule has 0 fully saturated rings. The van der Waals surface area contributed by atoms with Crippen molar-refractivity contribution in [2.45, 2.75) is 25.2 Å². The summed E-state index contributed by atoms with van der Waals surface area (Å²) in [6, 6.07) is 8.40. The number of rotatable bonds is 9. The molecule has 29 heavy (non-hydrogen) atoms. The zero-order chi connectivity index (χ0) is 21.6. The first-order valence-electron chi connectivity index (χ1n) is 8.88. The van der Waals surface area contributed by atoms with Gasteiger partial charge >= 0.3 is 0 Å². The van der Waals surface area contributed by atoms with Crippen LogP contribution in [0.4, 0.5) is 5.69 Å². The second-order valence-corrected chi connectivity index (χ2v) is 8.11. The number of amides is 1. The molecule has 2 N–H and O–H groups in total. The Kier molecular flexibility index (Phi) is 7.46. The van der Waals surface area contributed by atoms with Gasteiger partial charge in [-0.25, -0.2) is 13.1 Å². The molecule has 0 unspecified atom stereocenters. The number of sulfonamides is 1. The van der Waals surface area contributed by atoms with Crippen molar-refractivity contribution in [2.24, 2.45) is 0 Å². The summed E-state index contributed by atoms with van der Waals surface area (Å²) in [5.41, 5.74) is 1.93. The van der Waals surface area contributed by atoms with E-state index >= 15 is 0 Å². The highest BCUT2D eigenvalue weighted by atomic mass is 32.2. The summed E-state index contributed by atoms with van der Waals surface area (Å²) in [6.45, 7) is 3.51. The van der Waals surface area contributed by atoms with Crippen molar-refractivity contribution in [3.05, 3.63) is 41.5 Å². The van der Waals surface area contributed by atoms with E-state index in [1.165, 1.54) is 21.3 Å². The van der Waals surface area contributed by atoms with Gasteiger partial charge in [0.25, 0.3) is 0 Å². The molecule has 0 aliphatic rings. The van der Waals surface area contributed by atoms with E-state index in [4.69, 9.17) is 14.2 Å². The normalized spacial score (nSPS) is 11.1. The molecule has 0 aliphatic carbocycles. The van der Waals surface area contributed by atoms with E-state index in [0.717, 1.165) is 5.56 Å². The standard InChI is InChI=1S/C20H26N2O6S/c1-13-6-7-14(2)18(10-13)29(24,25)21-9-8-19(23)22-15-11-16(26-3)20(28-5)17(12-15)27-4/h6-7,10-12,21H,8-9H2,1-5H3,(H,22,23). The van der Waals surface area contributed by atoms with E-state index in [1.807, 2.05) is 13.0 Å². The highest BCUT2D eigenvalue weighted by Crippen LogP contribution is 2.39. The summed E-state index contributed by atoms with van der Waals surface area (Å²) in [4.78, 5) is 12.5. The Bertz CT molecular complexity index is 963. The molecule has 2 aromatic carbocycles. The zero-order valence-electron chi connectivity index (χ0n) is 17.2. The fraction of sp³-hybridized carbons (Fsp3) is 0.350. The molecule has 0 spiro atoms. The van der Waals surface area contributed by atoms with Crippen LogP contribution in [0.1, 0.15) is 17.5 Å². The molecule has 158 valence electrons. The second kappa shape index (κ2) is 9.62. The Labute approximate surface area is 171 Å². The van der Waals surface area contributed by atoms with Crippen LogP contribution in [0.5, 0.6) is 17.2 Å². The van der Waals surface area contributed by atoms with Crippen molar-refractivity contribution in [3.8, 4) is 17.2 Å². The number of hydrogen-bond acceptors (Lipinski definition) is 6. The van der Waals surface area contributed by atoms with E-state index in [1.54, 1.807) is 31.2 Å². The van der Waals surface area contributed by atoms with Crippen LogP contribution in [0, 0.1) is 13.8 Å². The molecule has 1 amide bonds. The zero-order valence-corrected chi connectivity index (χ0v) is 18.0. The molecule has 0 bridgehead atoms. The van der Waals surface area contributed by atoms with Crippen molar-refractivity contribution in [3.63, 3.8) is 0 Å². The lowest BCUT2D eigenvalue weighted by Crippen LogP contribution is -2.28. The highest BCUT2D eigenvalue weighted by Gasteiger charge is 2.18. The van der Waals surface area contributed by atoms with Crippen LogP contribution in [0.2, 0.25) is 0 Å². The molecule has 8 nitrogen and oxygen atoms in total. The maximum atomic E-state index is 12.5.